The highest BCUT2D eigenvalue weighted by atomic mass is 16.5. The molecule has 0 aliphatic rings. The van der Waals surface area contributed by atoms with Gasteiger partial charge in [0, 0.05) is 6.20 Å². The molecule has 0 bridgehead atoms. The number of aromatic nitrogens is 4. The highest BCUT2D eigenvalue weighted by molar-refractivity contribution is 5.43. The van der Waals surface area contributed by atoms with E-state index in [2.05, 4.69) is 15.2 Å². The lowest BCUT2D eigenvalue weighted by Gasteiger charge is -2.01. The zero-order valence-electron chi connectivity index (χ0n) is 6.66. The molecule has 2 aromatic heterocycles. The van der Waals surface area contributed by atoms with Crippen molar-refractivity contribution in [2.75, 3.05) is 0 Å². The van der Waals surface area contributed by atoms with E-state index < -0.39 is 0 Å². The van der Waals surface area contributed by atoms with Crippen LogP contribution in [0.4, 0.5) is 0 Å². The Labute approximate surface area is 74.3 Å². The van der Waals surface area contributed by atoms with E-state index in [1.165, 1.54) is 12.4 Å². The maximum atomic E-state index is 11.2. The third-order valence-corrected chi connectivity index (χ3v) is 1.52. The first-order valence-corrected chi connectivity index (χ1v) is 3.70. The zero-order valence-corrected chi connectivity index (χ0v) is 6.66. The van der Waals surface area contributed by atoms with Gasteiger partial charge in [0.1, 0.15) is 12.4 Å². The molecule has 13 heavy (non-hydrogen) atoms. The Hall–Kier alpha value is -2.04. The van der Waals surface area contributed by atoms with Crippen LogP contribution >= 0.6 is 0 Å². The molecule has 0 saturated carbocycles. The van der Waals surface area contributed by atoms with Crippen molar-refractivity contribution >= 4 is 0 Å². The Morgan fingerprint density at radius 2 is 2.15 bits per heavy atom. The second-order valence-electron chi connectivity index (χ2n) is 2.38. The molecule has 5 nitrogen and oxygen atoms in total. The number of pyridine rings is 1. The van der Waals surface area contributed by atoms with Crippen LogP contribution in [-0.2, 0) is 0 Å². The smallest absolute Gasteiger partial charge is 0.379 e. The average Bonchev–Trinajstić information content (AvgIpc) is 2.20. The van der Waals surface area contributed by atoms with Crippen LogP contribution in [-0.4, -0.2) is 15.2 Å². The molecule has 0 spiro atoms. The number of rotatable bonds is 1. The third-order valence-electron chi connectivity index (χ3n) is 1.52. The first-order chi connectivity index (χ1) is 6.38. The second-order valence-corrected chi connectivity index (χ2v) is 2.38. The minimum absolute atomic E-state index is 0.211. The molecule has 2 aromatic rings. The van der Waals surface area contributed by atoms with Gasteiger partial charge in [-0.05, 0) is 17.2 Å². The Bertz CT molecular complexity index is 404. The normalized spacial score (nSPS) is 9.85. The van der Waals surface area contributed by atoms with Crippen molar-refractivity contribution in [2.45, 2.75) is 0 Å². The maximum absolute atomic E-state index is 11.2. The fourth-order valence-corrected chi connectivity index (χ4v) is 0.952. The molecule has 0 aromatic carbocycles. The topological polar surface area (TPSA) is 65.6 Å². The number of hydrogen-bond acceptors (Lipinski definition) is 4. The van der Waals surface area contributed by atoms with Gasteiger partial charge in [0.25, 0.3) is 0 Å². The lowest BCUT2D eigenvalue weighted by molar-refractivity contribution is -0.597. The van der Waals surface area contributed by atoms with Crippen molar-refractivity contribution in [1.82, 2.24) is 15.2 Å². The van der Waals surface area contributed by atoms with Crippen LogP contribution in [0.2, 0.25) is 0 Å². The standard InChI is InChI=1S/C8H6N4O/c13-12-6-5-10-11-8(12)7-3-1-2-4-9-7/h1-6H. The number of nitrogens with zero attached hydrogens (tertiary/aromatic N) is 4. The van der Waals surface area contributed by atoms with E-state index in [1.807, 2.05) is 0 Å². The summed E-state index contributed by atoms with van der Waals surface area (Å²) in [4.78, 5) is 3.99. The molecule has 64 valence electrons. The quantitative estimate of drug-likeness (QED) is 0.456. The van der Waals surface area contributed by atoms with E-state index in [0.29, 0.717) is 10.4 Å². The van der Waals surface area contributed by atoms with Crippen molar-refractivity contribution in [3.8, 4) is 11.5 Å². The SMILES string of the molecule is [O-][n+]1ccnnc1-c1ccccn1. The van der Waals surface area contributed by atoms with Crippen LogP contribution in [0.5, 0.6) is 0 Å². The van der Waals surface area contributed by atoms with Gasteiger partial charge in [0.2, 0.25) is 0 Å². The van der Waals surface area contributed by atoms with Gasteiger partial charge in [-0.1, -0.05) is 6.07 Å². The van der Waals surface area contributed by atoms with Gasteiger partial charge < -0.3 is 5.21 Å². The molecule has 0 radical (unpaired) electrons. The Morgan fingerprint density at radius 3 is 2.85 bits per heavy atom. The van der Waals surface area contributed by atoms with Gasteiger partial charge in [0.15, 0.2) is 5.69 Å². The van der Waals surface area contributed by atoms with Gasteiger partial charge in [-0.15, -0.1) is 0 Å². The predicted octanol–water partition coefficient (Wildman–Crippen LogP) is 0.172. The highest BCUT2D eigenvalue weighted by Gasteiger charge is 2.11. The Balaban J connectivity index is 2.54. The summed E-state index contributed by atoms with van der Waals surface area (Å²) in [7, 11) is 0. The monoisotopic (exact) mass is 174 g/mol. The molecule has 0 amide bonds. The van der Waals surface area contributed by atoms with E-state index in [1.54, 1.807) is 24.4 Å². The molecule has 0 unspecified atom stereocenters. The first kappa shape index (κ1) is 7.60. The van der Waals surface area contributed by atoms with Crippen LogP contribution in [0.15, 0.2) is 36.8 Å². The lowest BCUT2D eigenvalue weighted by Crippen LogP contribution is -2.30. The second kappa shape index (κ2) is 3.14. The van der Waals surface area contributed by atoms with E-state index in [-0.39, 0.29) is 5.82 Å². The summed E-state index contributed by atoms with van der Waals surface area (Å²) in [5, 5.41) is 18.5. The molecule has 0 atom stereocenters. The van der Waals surface area contributed by atoms with Gasteiger partial charge in [-0.25, -0.2) is 9.71 Å². The molecule has 2 heterocycles. The highest BCUT2D eigenvalue weighted by Crippen LogP contribution is 2.05. The van der Waals surface area contributed by atoms with Crippen molar-refractivity contribution in [3.63, 3.8) is 0 Å². The van der Waals surface area contributed by atoms with Crippen LogP contribution in [0.3, 0.4) is 0 Å². The van der Waals surface area contributed by atoms with Crippen molar-refractivity contribution in [2.24, 2.45) is 0 Å². The first-order valence-electron chi connectivity index (χ1n) is 3.70. The molecular formula is C8H6N4O. The minimum atomic E-state index is 0.211. The van der Waals surface area contributed by atoms with E-state index >= 15 is 0 Å². The lowest BCUT2D eigenvalue weighted by atomic mass is 10.3. The summed E-state index contributed by atoms with van der Waals surface area (Å²) in [6.07, 6.45) is 4.22. The van der Waals surface area contributed by atoms with Gasteiger partial charge >= 0.3 is 5.82 Å². The minimum Gasteiger partial charge on any atom is -0.710 e. The summed E-state index contributed by atoms with van der Waals surface area (Å²) in [5.74, 6) is 0.211. The summed E-state index contributed by atoms with van der Waals surface area (Å²) in [5.41, 5.74) is 0.519. The van der Waals surface area contributed by atoms with Crippen molar-refractivity contribution in [1.29, 1.82) is 0 Å². The van der Waals surface area contributed by atoms with Crippen LogP contribution in [0.1, 0.15) is 0 Å². The van der Waals surface area contributed by atoms with E-state index in [9.17, 15) is 5.21 Å². The molecule has 0 fully saturated rings. The molecule has 0 aliphatic heterocycles. The number of hydrogen-bond donors (Lipinski definition) is 0. The largest absolute Gasteiger partial charge is 0.710 e. The molecule has 0 saturated heterocycles. The van der Waals surface area contributed by atoms with Crippen molar-refractivity contribution in [3.05, 3.63) is 42.0 Å². The molecule has 0 aliphatic carbocycles. The Morgan fingerprint density at radius 1 is 1.23 bits per heavy atom. The Kier molecular flexibility index (Phi) is 1.84. The average molecular weight is 174 g/mol. The molecule has 0 N–H and O–H groups in total. The fraction of sp³-hybridized carbons (Fsp3) is 0. The van der Waals surface area contributed by atoms with Crippen LogP contribution in [0.25, 0.3) is 11.5 Å². The van der Waals surface area contributed by atoms with Crippen molar-refractivity contribution < 1.29 is 4.73 Å². The zero-order chi connectivity index (χ0) is 9.10. The third kappa shape index (κ3) is 1.44. The van der Waals surface area contributed by atoms with Crippen LogP contribution in [0, 0.1) is 5.21 Å². The van der Waals surface area contributed by atoms with Gasteiger partial charge in [0.05, 0.1) is 5.10 Å². The molecular weight excluding hydrogens is 168 g/mol. The molecule has 2 rings (SSSR count). The predicted molar refractivity (Wildman–Crippen MR) is 44.2 cm³/mol. The summed E-state index contributed by atoms with van der Waals surface area (Å²) in [6.45, 7) is 0. The summed E-state index contributed by atoms with van der Waals surface area (Å²) in [6, 6.07) is 5.27. The summed E-state index contributed by atoms with van der Waals surface area (Å²) < 4.78 is 0.634. The van der Waals surface area contributed by atoms with Gasteiger partial charge in [-0.2, -0.15) is 0 Å². The maximum Gasteiger partial charge on any atom is 0.379 e. The van der Waals surface area contributed by atoms with E-state index in [4.69, 9.17) is 0 Å². The molecule has 5 heteroatoms. The van der Waals surface area contributed by atoms with Gasteiger partial charge in [-0.3, -0.25) is 0 Å². The summed E-state index contributed by atoms with van der Waals surface area (Å²) >= 11 is 0. The fourth-order valence-electron chi connectivity index (χ4n) is 0.952. The van der Waals surface area contributed by atoms with E-state index in [0.717, 1.165) is 0 Å². The van der Waals surface area contributed by atoms with Crippen LogP contribution < -0.4 is 4.73 Å².